The van der Waals surface area contributed by atoms with Gasteiger partial charge in [0.05, 0.1) is 26.3 Å². The lowest BCUT2D eigenvalue weighted by molar-refractivity contribution is -0.139. The van der Waals surface area contributed by atoms with Crippen molar-refractivity contribution >= 4 is 28.3 Å². The van der Waals surface area contributed by atoms with Crippen molar-refractivity contribution in [3.8, 4) is 11.5 Å². The number of hydrogen-bond acceptors (Lipinski definition) is 7. The van der Waals surface area contributed by atoms with Gasteiger partial charge in [-0.3, -0.25) is 14.9 Å². The molecule has 2 aromatic rings. The van der Waals surface area contributed by atoms with Gasteiger partial charge >= 0.3 is 5.97 Å². The Morgan fingerprint density at radius 3 is 2.58 bits per heavy atom. The monoisotopic (exact) mass is 350 g/mol. The Morgan fingerprint density at radius 2 is 1.92 bits per heavy atom. The third-order valence-corrected chi connectivity index (χ3v) is 4.17. The summed E-state index contributed by atoms with van der Waals surface area (Å²) in [6, 6.07) is 7.07. The average Bonchev–Trinajstić information content (AvgIpc) is 2.92. The van der Waals surface area contributed by atoms with Crippen LogP contribution in [-0.4, -0.2) is 37.7 Å². The van der Waals surface area contributed by atoms with Gasteiger partial charge < -0.3 is 14.2 Å². The highest BCUT2D eigenvalue weighted by molar-refractivity contribution is 7.16. The van der Waals surface area contributed by atoms with Gasteiger partial charge in [-0.25, -0.2) is 4.98 Å². The number of ether oxygens (including phenoxy) is 3. The van der Waals surface area contributed by atoms with Gasteiger partial charge in [0.15, 0.2) is 23.2 Å². The third kappa shape index (κ3) is 4.69. The van der Waals surface area contributed by atoms with Crippen LogP contribution < -0.4 is 14.8 Å². The SMILES string of the molecule is COC(=O)Cc1sc(NC(=O)COc2ccccc2OC)nc1C. The van der Waals surface area contributed by atoms with Crippen molar-refractivity contribution in [2.24, 2.45) is 0 Å². The number of rotatable bonds is 7. The molecule has 1 aromatic carbocycles. The summed E-state index contributed by atoms with van der Waals surface area (Å²) in [7, 11) is 2.86. The van der Waals surface area contributed by atoms with Gasteiger partial charge in [0.1, 0.15) is 0 Å². The van der Waals surface area contributed by atoms with Gasteiger partial charge in [0, 0.05) is 4.88 Å². The fourth-order valence-corrected chi connectivity index (χ4v) is 2.85. The summed E-state index contributed by atoms with van der Waals surface area (Å²) in [6.45, 7) is 1.60. The first kappa shape index (κ1) is 17.7. The van der Waals surface area contributed by atoms with Crippen LogP contribution in [0, 0.1) is 6.92 Å². The van der Waals surface area contributed by atoms with E-state index in [-0.39, 0.29) is 24.9 Å². The lowest BCUT2D eigenvalue weighted by Gasteiger charge is -2.09. The molecule has 1 aromatic heterocycles. The number of amides is 1. The van der Waals surface area contributed by atoms with Gasteiger partial charge in [-0.1, -0.05) is 12.1 Å². The first-order valence-electron chi connectivity index (χ1n) is 7.12. The molecular formula is C16H18N2O5S. The summed E-state index contributed by atoms with van der Waals surface area (Å²) >= 11 is 1.24. The lowest BCUT2D eigenvalue weighted by Crippen LogP contribution is -2.20. The quantitative estimate of drug-likeness (QED) is 0.770. The molecule has 0 saturated carbocycles. The van der Waals surface area contributed by atoms with E-state index in [1.165, 1.54) is 25.6 Å². The topological polar surface area (TPSA) is 86.8 Å². The predicted octanol–water partition coefficient (Wildman–Crippen LogP) is 2.19. The van der Waals surface area contributed by atoms with Crippen LogP contribution in [0.2, 0.25) is 0 Å². The minimum absolute atomic E-state index is 0.133. The molecule has 0 aliphatic heterocycles. The summed E-state index contributed by atoms with van der Waals surface area (Å²) in [5.74, 6) is 0.339. The molecule has 7 nitrogen and oxygen atoms in total. The van der Waals surface area contributed by atoms with Crippen molar-refractivity contribution in [1.29, 1.82) is 0 Å². The van der Waals surface area contributed by atoms with Crippen molar-refractivity contribution in [2.45, 2.75) is 13.3 Å². The van der Waals surface area contributed by atoms with Gasteiger partial charge in [-0.2, -0.15) is 0 Å². The summed E-state index contributed by atoms with van der Waals surface area (Å²) in [6.07, 6.45) is 0.133. The first-order chi connectivity index (χ1) is 11.5. The number of nitrogens with one attached hydrogen (secondary N) is 1. The standard InChI is InChI=1S/C16H18N2O5S/c1-10-13(8-15(20)22-3)24-16(17-10)18-14(19)9-23-12-7-5-4-6-11(12)21-2/h4-7H,8-9H2,1-3H3,(H,17,18,19). The number of benzene rings is 1. The van der Waals surface area contributed by atoms with Gasteiger partial charge in [0.25, 0.3) is 5.91 Å². The highest BCUT2D eigenvalue weighted by Crippen LogP contribution is 2.26. The minimum atomic E-state index is -0.348. The number of hydrogen-bond donors (Lipinski definition) is 1. The second-order valence-electron chi connectivity index (χ2n) is 4.77. The highest BCUT2D eigenvalue weighted by atomic mass is 32.1. The van der Waals surface area contributed by atoms with E-state index in [0.29, 0.717) is 22.3 Å². The fourth-order valence-electron chi connectivity index (χ4n) is 1.89. The van der Waals surface area contributed by atoms with Crippen molar-refractivity contribution in [3.05, 3.63) is 34.8 Å². The van der Waals surface area contributed by atoms with E-state index in [1.807, 2.05) is 6.07 Å². The Bertz CT molecular complexity index is 729. The van der Waals surface area contributed by atoms with Crippen molar-refractivity contribution in [1.82, 2.24) is 4.98 Å². The molecule has 1 N–H and O–H groups in total. The van der Waals surface area contributed by atoms with E-state index in [1.54, 1.807) is 25.1 Å². The Hall–Kier alpha value is -2.61. The smallest absolute Gasteiger partial charge is 0.310 e. The molecule has 1 heterocycles. The van der Waals surface area contributed by atoms with Gasteiger partial charge in [0.2, 0.25) is 0 Å². The number of thiazole rings is 1. The van der Waals surface area contributed by atoms with Crippen molar-refractivity contribution in [2.75, 3.05) is 26.1 Å². The molecule has 0 bridgehead atoms. The highest BCUT2D eigenvalue weighted by Gasteiger charge is 2.14. The normalized spacial score (nSPS) is 10.1. The maximum absolute atomic E-state index is 12.0. The van der Waals surface area contributed by atoms with E-state index in [9.17, 15) is 9.59 Å². The van der Waals surface area contributed by atoms with Crippen LogP contribution in [-0.2, 0) is 20.7 Å². The molecule has 128 valence electrons. The summed E-state index contributed by atoms with van der Waals surface area (Å²) in [5.41, 5.74) is 0.686. The molecular weight excluding hydrogens is 332 g/mol. The zero-order valence-corrected chi connectivity index (χ0v) is 14.4. The van der Waals surface area contributed by atoms with E-state index in [0.717, 1.165) is 4.88 Å². The zero-order chi connectivity index (χ0) is 17.5. The number of carbonyl (C=O) groups excluding carboxylic acids is 2. The number of carbonyl (C=O) groups is 2. The fraction of sp³-hybridized carbons (Fsp3) is 0.312. The largest absolute Gasteiger partial charge is 0.493 e. The summed E-state index contributed by atoms with van der Waals surface area (Å²) < 4.78 is 15.2. The van der Waals surface area contributed by atoms with Crippen molar-refractivity contribution in [3.63, 3.8) is 0 Å². The minimum Gasteiger partial charge on any atom is -0.493 e. The molecule has 24 heavy (non-hydrogen) atoms. The molecule has 8 heteroatoms. The number of aromatic nitrogens is 1. The molecule has 0 aliphatic carbocycles. The van der Waals surface area contributed by atoms with E-state index in [4.69, 9.17) is 9.47 Å². The zero-order valence-electron chi connectivity index (χ0n) is 13.6. The third-order valence-electron chi connectivity index (χ3n) is 3.10. The molecule has 1 amide bonds. The van der Waals surface area contributed by atoms with Crippen LogP contribution in [0.3, 0.4) is 0 Å². The maximum Gasteiger partial charge on any atom is 0.310 e. The number of methoxy groups -OCH3 is 2. The molecule has 0 unspecified atom stereocenters. The average molecular weight is 350 g/mol. The van der Waals surface area contributed by atoms with Crippen LogP contribution >= 0.6 is 11.3 Å². The number of para-hydroxylation sites is 2. The molecule has 0 spiro atoms. The molecule has 0 radical (unpaired) electrons. The molecule has 0 atom stereocenters. The van der Waals surface area contributed by atoms with E-state index < -0.39 is 0 Å². The molecule has 0 fully saturated rings. The Labute approximate surface area is 143 Å². The summed E-state index contributed by atoms with van der Waals surface area (Å²) in [5, 5.41) is 3.07. The van der Waals surface area contributed by atoms with Crippen LogP contribution in [0.5, 0.6) is 11.5 Å². The molecule has 0 saturated heterocycles. The Kier molecular flexibility index (Phi) is 6.14. The van der Waals surface area contributed by atoms with Crippen LogP contribution in [0.15, 0.2) is 24.3 Å². The Balaban J connectivity index is 1.93. The van der Waals surface area contributed by atoms with Crippen molar-refractivity contribution < 1.29 is 23.8 Å². The Morgan fingerprint density at radius 1 is 1.21 bits per heavy atom. The van der Waals surface area contributed by atoms with Crippen LogP contribution in [0.25, 0.3) is 0 Å². The van der Waals surface area contributed by atoms with E-state index >= 15 is 0 Å². The number of nitrogens with zero attached hydrogens (tertiary/aromatic N) is 1. The maximum atomic E-state index is 12.0. The lowest BCUT2D eigenvalue weighted by atomic mass is 10.3. The second-order valence-corrected chi connectivity index (χ2v) is 5.85. The molecule has 2 rings (SSSR count). The first-order valence-corrected chi connectivity index (χ1v) is 7.94. The van der Waals surface area contributed by atoms with E-state index in [2.05, 4.69) is 15.0 Å². The second kappa shape index (κ2) is 8.30. The van der Waals surface area contributed by atoms with Gasteiger partial charge in [-0.05, 0) is 19.1 Å². The van der Waals surface area contributed by atoms with Crippen LogP contribution in [0.1, 0.15) is 10.6 Å². The number of aryl methyl sites for hydroxylation is 1. The number of esters is 1. The summed E-state index contributed by atoms with van der Waals surface area (Å²) in [4.78, 5) is 28.3. The van der Waals surface area contributed by atoms with Crippen LogP contribution in [0.4, 0.5) is 5.13 Å². The van der Waals surface area contributed by atoms with Gasteiger partial charge in [-0.15, -0.1) is 11.3 Å². The number of anilines is 1. The predicted molar refractivity (Wildman–Crippen MR) is 89.7 cm³/mol. The molecule has 0 aliphatic rings.